The number of hydrogen-bond acceptors (Lipinski definition) is 4. The van der Waals surface area contributed by atoms with Gasteiger partial charge in [0.15, 0.2) is 0 Å². The van der Waals surface area contributed by atoms with Crippen LogP contribution in [0.5, 0.6) is 0 Å². The van der Waals surface area contributed by atoms with Crippen LogP contribution >= 0.6 is 0 Å². The van der Waals surface area contributed by atoms with Crippen molar-refractivity contribution in [2.24, 2.45) is 0 Å². The normalized spacial score (nSPS) is 12.9. The number of carbonyl (C=O) groups excluding carboxylic acids is 2. The summed E-state index contributed by atoms with van der Waals surface area (Å²) >= 11 is 0. The quantitative estimate of drug-likeness (QED) is 0.509. The second-order valence-electron chi connectivity index (χ2n) is 8.63. The lowest BCUT2D eigenvalue weighted by molar-refractivity contribution is -0.141. The van der Waals surface area contributed by atoms with Crippen molar-refractivity contribution in [3.63, 3.8) is 0 Å². The lowest BCUT2D eigenvalue weighted by Crippen LogP contribution is -2.40. The summed E-state index contributed by atoms with van der Waals surface area (Å²) in [5, 5.41) is 11.9. The first-order valence-corrected chi connectivity index (χ1v) is 11.5. The minimum Gasteiger partial charge on any atom is -0.480 e. The van der Waals surface area contributed by atoms with Gasteiger partial charge in [0.1, 0.15) is 12.6 Å². The van der Waals surface area contributed by atoms with Crippen LogP contribution in [0, 0.1) is 0 Å². The summed E-state index contributed by atoms with van der Waals surface area (Å²) in [6.07, 6.45) is 0.1000. The first kappa shape index (κ1) is 24.0. The van der Waals surface area contributed by atoms with Gasteiger partial charge in [-0.15, -0.1) is 0 Å². The van der Waals surface area contributed by atoms with Gasteiger partial charge in [0.25, 0.3) is 5.91 Å². The van der Waals surface area contributed by atoms with Crippen LogP contribution in [-0.2, 0) is 16.0 Å². The van der Waals surface area contributed by atoms with Crippen molar-refractivity contribution in [2.45, 2.75) is 25.3 Å². The molecule has 2 N–H and O–H groups in total. The molecule has 1 aliphatic carbocycles. The summed E-state index contributed by atoms with van der Waals surface area (Å²) in [5.41, 5.74) is 6.05. The van der Waals surface area contributed by atoms with E-state index in [0.717, 1.165) is 5.56 Å². The largest absolute Gasteiger partial charge is 0.480 e. The Morgan fingerprint density at radius 1 is 0.943 bits per heavy atom. The van der Waals surface area contributed by atoms with Crippen LogP contribution in [0.15, 0.2) is 72.8 Å². The number of benzene rings is 3. The lowest BCUT2D eigenvalue weighted by Gasteiger charge is -2.21. The van der Waals surface area contributed by atoms with E-state index in [2.05, 4.69) is 29.6 Å². The van der Waals surface area contributed by atoms with Gasteiger partial charge in [0, 0.05) is 25.1 Å². The molecule has 0 unspecified atom stereocenters. The molecule has 0 saturated carbocycles. The fraction of sp³-hybridized carbons (Fsp3) is 0.250. The Morgan fingerprint density at radius 3 is 2.09 bits per heavy atom. The topological polar surface area (TPSA) is 95.9 Å². The maximum absolute atomic E-state index is 12.4. The van der Waals surface area contributed by atoms with Gasteiger partial charge in [-0.3, -0.25) is 4.79 Å². The van der Waals surface area contributed by atoms with Crippen LogP contribution in [0.25, 0.3) is 11.1 Å². The molecule has 3 aromatic rings. The van der Waals surface area contributed by atoms with E-state index in [9.17, 15) is 14.4 Å². The van der Waals surface area contributed by atoms with E-state index in [1.54, 1.807) is 24.3 Å². The summed E-state index contributed by atoms with van der Waals surface area (Å²) in [6.45, 7) is 2.11. The summed E-state index contributed by atoms with van der Waals surface area (Å²) in [7, 11) is 1.47. The van der Waals surface area contributed by atoms with E-state index in [-0.39, 0.29) is 18.4 Å². The number of nitrogens with one attached hydrogen (secondary N) is 1. The summed E-state index contributed by atoms with van der Waals surface area (Å²) < 4.78 is 5.55. The van der Waals surface area contributed by atoms with Crippen LogP contribution in [-0.4, -0.2) is 54.2 Å². The number of rotatable bonds is 8. The highest BCUT2D eigenvalue weighted by Gasteiger charge is 2.29. The second kappa shape index (κ2) is 10.4. The zero-order chi connectivity index (χ0) is 24.9. The summed E-state index contributed by atoms with van der Waals surface area (Å²) in [5.74, 6) is -1.40. The molecule has 35 heavy (non-hydrogen) atoms. The fourth-order valence-corrected chi connectivity index (χ4v) is 4.32. The maximum Gasteiger partial charge on any atom is 0.407 e. The molecule has 0 aromatic heterocycles. The minimum atomic E-state index is -1.06. The van der Waals surface area contributed by atoms with Crippen molar-refractivity contribution < 1.29 is 24.2 Å². The minimum absolute atomic E-state index is 0.0141. The van der Waals surface area contributed by atoms with Gasteiger partial charge in [-0.2, -0.15) is 0 Å². The SMILES string of the molecule is C[C@@H](C(=O)O)N(C)C(=O)c1ccc(CCNC(=O)OCC2c3ccccc3-c3ccccc32)cc1. The molecule has 0 bridgehead atoms. The monoisotopic (exact) mass is 472 g/mol. The zero-order valence-corrected chi connectivity index (χ0v) is 19.7. The Labute approximate surface area is 204 Å². The Kier molecular flexibility index (Phi) is 7.15. The van der Waals surface area contributed by atoms with Crippen molar-refractivity contribution in [1.82, 2.24) is 10.2 Å². The van der Waals surface area contributed by atoms with E-state index < -0.39 is 18.1 Å². The molecule has 0 spiro atoms. The van der Waals surface area contributed by atoms with Gasteiger partial charge in [-0.1, -0.05) is 60.7 Å². The van der Waals surface area contributed by atoms with E-state index in [4.69, 9.17) is 9.84 Å². The molecule has 3 aromatic carbocycles. The predicted molar refractivity (Wildman–Crippen MR) is 132 cm³/mol. The van der Waals surface area contributed by atoms with E-state index in [0.29, 0.717) is 18.5 Å². The second-order valence-corrected chi connectivity index (χ2v) is 8.63. The summed E-state index contributed by atoms with van der Waals surface area (Å²) in [6, 6.07) is 22.4. The average molecular weight is 473 g/mol. The van der Waals surface area contributed by atoms with Crippen LogP contribution < -0.4 is 5.32 Å². The number of alkyl carbamates (subject to hydrolysis) is 1. The molecule has 0 heterocycles. The van der Waals surface area contributed by atoms with Crippen LogP contribution in [0.2, 0.25) is 0 Å². The van der Waals surface area contributed by atoms with Gasteiger partial charge in [0.05, 0.1) is 0 Å². The molecular weight excluding hydrogens is 444 g/mol. The van der Waals surface area contributed by atoms with Crippen molar-refractivity contribution >= 4 is 18.0 Å². The van der Waals surface area contributed by atoms with E-state index in [1.165, 1.54) is 41.1 Å². The highest BCUT2D eigenvalue weighted by Crippen LogP contribution is 2.44. The number of amides is 2. The molecule has 1 atom stereocenters. The summed E-state index contributed by atoms with van der Waals surface area (Å²) in [4.78, 5) is 37.0. The number of aliphatic carboxylic acids is 1. The van der Waals surface area contributed by atoms with Crippen molar-refractivity contribution in [2.75, 3.05) is 20.2 Å². The zero-order valence-electron chi connectivity index (χ0n) is 19.7. The Bertz CT molecular complexity index is 1190. The first-order chi connectivity index (χ1) is 16.9. The average Bonchev–Trinajstić information content (AvgIpc) is 3.20. The number of fused-ring (bicyclic) bond motifs is 3. The molecule has 180 valence electrons. The van der Waals surface area contributed by atoms with Gasteiger partial charge in [0.2, 0.25) is 0 Å². The number of carboxylic acids is 1. The standard InChI is InChI=1S/C28H28N2O5/c1-18(27(32)33)30(2)26(31)20-13-11-19(12-14-20)15-16-29-28(34)35-17-25-23-9-5-3-7-21(23)22-8-4-6-10-24(22)25/h3-14,18,25H,15-17H2,1-2H3,(H,29,34)(H,32,33)/t18-/m0/s1. The van der Waals surface area contributed by atoms with Gasteiger partial charge in [-0.05, 0) is 53.3 Å². The third kappa shape index (κ3) is 5.19. The van der Waals surface area contributed by atoms with Crippen LogP contribution in [0.1, 0.15) is 39.9 Å². The van der Waals surface area contributed by atoms with Gasteiger partial charge >= 0.3 is 12.1 Å². The van der Waals surface area contributed by atoms with E-state index >= 15 is 0 Å². The molecule has 0 fully saturated rings. The molecule has 0 saturated heterocycles. The van der Waals surface area contributed by atoms with Crippen LogP contribution in [0.4, 0.5) is 4.79 Å². The van der Waals surface area contributed by atoms with Gasteiger partial charge < -0.3 is 20.1 Å². The first-order valence-electron chi connectivity index (χ1n) is 11.5. The molecule has 7 nitrogen and oxygen atoms in total. The number of carbonyl (C=O) groups is 3. The number of carboxylic acid groups (broad SMARTS) is 1. The number of nitrogens with zero attached hydrogens (tertiary/aromatic N) is 1. The van der Waals surface area contributed by atoms with Gasteiger partial charge in [-0.25, -0.2) is 9.59 Å². The molecule has 0 radical (unpaired) electrons. The maximum atomic E-state index is 12.4. The van der Waals surface area contributed by atoms with E-state index in [1.807, 2.05) is 24.3 Å². The lowest BCUT2D eigenvalue weighted by atomic mass is 9.98. The molecule has 0 aliphatic heterocycles. The third-order valence-corrected chi connectivity index (χ3v) is 6.49. The number of likely N-dealkylation sites (N-methyl/N-ethyl adjacent to an activating group) is 1. The smallest absolute Gasteiger partial charge is 0.407 e. The number of hydrogen-bond donors (Lipinski definition) is 2. The third-order valence-electron chi connectivity index (χ3n) is 6.49. The molecule has 7 heteroatoms. The van der Waals surface area contributed by atoms with Crippen molar-refractivity contribution in [1.29, 1.82) is 0 Å². The molecule has 1 aliphatic rings. The predicted octanol–water partition coefficient (Wildman–Crippen LogP) is 4.31. The number of ether oxygens (including phenoxy) is 1. The molecule has 4 rings (SSSR count). The Balaban J connectivity index is 1.27. The highest BCUT2D eigenvalue weighted by atomic mass is 16.5. The Morgan fingerprint density at radius 2 is 1.51 bits per heavy atom. The highest BCUT2D eigenvalue weighted by molar-refractivity contribution is 5.96. The van der Waals surface area contributed by atoms with Crippen molar-refractivity contribution in [3.8, 4) is 11.1 Å². The molecule has 2 amide bonds. The van der Waals surface area contributed by atoms with Crippen molar-refractivity contribution in [3.05, 3.63) is 95.1 Å². The molecular formula is C28H28N2O5. The van der Waals surface area contributed by atoms with Crippen LogP contribution in [0.3, 0.4) is 0 Å². The Hall–Kier alpha value is -4.13. The fourth-order valence-electron chi connectivity index (χ4n) is 4.32.